The van der Waals surface area contributed by atoms with Crippen molar-refractivity contribution in [3.63, 3.8) is 0 Å². The van der Waals surface area contributed by atoms with Crippen molar-refractivity contribution in [2.75, 3.05) is 0 Å². The molecule has 6 atom stereocenters. The van der Waals surface area contributed by atoms with Gasteiger partial charge in [-0.05, 0) is 67.6 Å². The number of ketones is 2. The summed E-state index contributed by atoms with van der Waals surface area (Å²) in [6.07, 6.45) is 9.15. The molecule has 0 spiro atoms. The lowest BCUT2D eigenvalue weighted by Gasteiger charge is -2.57. The largest absolute Gasteiger partial charge is 0.299 e. The Labute approximate surface area is 146 Å². The zero-order valence-corrected chi connectivity index (χ0v) is 15.8. The molecule has 2 nitrogen and oxygen atoms in total. The van der Waals surface area contributed by atoms with E-state index in [2.05, 4.69) is 35.9 Å². The van der Waals surface area contributed by atoms with Gasteiger partial charge in [-0.1, -0.05) is 35.9 Å². The van der Waals surface area contributed by atoms with Crippen LogP contribution in [0.5, 0.6) is 0 Å². The molecule has 0 heterocycles. The Balaban J connectivity index is 1.78. The number of alkyl halides is 1. The fourth-order valence-corrected chi connectivity index (χ4v) is 7.32. The van der Waals surface area contributed by atoms with Crippen LogP contribution in [-0.4, -0.2) is 16.4 Å². The normalized spacial score (nSPS) is 49.0. The van der Waals surface area contributed by atoms with E-state index in [9.17, 15) is 9.59 Å². The molecule has 4 rings (SSSR count). The highest BCUT2D eigenvalue weighted by Gasteiger charge is 2.59. The van der Waals surface area contributed by atoms with E-state index in [1.807, 2.05) is 13.0 Å². The van der Waals surface area contributed by atoms with Crippen molar-refractivity contribution in [1.82, 2.24) is 0 Å². The van der Waals surface area contributed by atoms with Crippen molar-refractivity contribution >= 4 is 27.5 Å². The Bertz CT molecular complexity index is 661. The highest BCUT2D eigenvalue weighted by Crippen LogP contribution is 2.64. The molecule has 0 unspecified atom stereocenters. The van der Waals surface area contributed by atoms with Gasteiger partial charge in [0.05, 0.1) is 0 Å². The molecule has 0 aromatic heterocycles. The molecular weight excluding hydrogens is 352 g/mol. The van der Waals surface area contributed by atoms with Crippen LogP contribution in [0.1, 0.15) is 52.9 Å². The lowest BCUT2D eigenvalue weighted by Crippen LogP contribution is -2.52. The van der Waals surface area contributed by atoms with Gasteiger partial charge in [0, 0.05) is 22.1 Å². The van der Waals surface area contributed by atoms with E-state index in [1.165, 1.54) is 5.57 Å². The Morgan fingerprint density at radius 1 is 1.17 bits per heavy atom. The van der Waals surface area contributed by atoms with Gasteiger partial charge in [0.15, 0.2) is 5.78 Å². The molecule has 4 aliphatic carbocycles. The summed E-state index contributed by atoms with van der Waals surface area (Å²) in [6.45, 7) is 6.48. The number of halogens is 1. The van der Waals surface area contributed by atoms with Crippen molar-refractivity contribution in [3.05, 3.63) is 23.3 Å². The predicted octanol–water partition coefficient (Wildman–Crippen LogP) is 4.63. The first-order valence-electron chi connectivity index (χ1n) is 8.90. The summed E-state index contributed by atoms with van der Waals surface area (Å²) in [5.74, 6) is 2.33. The molecule has 0 aromatic carbocycles. The minimum atomic E-state index is -0.0886. The molecule has 0 bridgehead atoms. The first-order chi connectivity index (χ1) is 10.8. The van der Waals surface area contributed by atoms with Crippen LogP contribution in [0.25, 0.3) is 0 Å². The number of hydrogen-bond acceptors (Lipinski definition) is 2. The second-order valence-electron chi connectivity index (χ2n) is 8.57. The summed E-state index contributed by atoms with van der Waals surface area (Å²) in [7, 11) is 0. The van der Waals surface area contributed by atoms with Gasteiger partial charge in [0.2, 0.25) is 0 Å². The average Bonchev–Trinajstić information content (AvgIpc) is 2.78. The van der Waals surface area contributed by atoms with Crippen molar-refractivity contribution in [1.29, 1.82) is 0 Å². The van der Waals surface area contributed by atoms with Crippen molar-refractivity contribution in [2.45, 2.75) is 57.7 Å². The van der Waals surface area contributed by atoms with Crippen LogP contribution in [0.4, 0.5) is 0 Å². The number of allylic oxidation sites excluding steroid dienone is 4. The second kappa shape index (κ2) is 4.91. The number of fused-ring (bicyclic) bond motifs is 5. The van der Waals surface area contributed by atoms with Gasteiger partial charge in [0.25, 0.3) is 0 Å². The summed E-state index contributed by atoms with van der Waals surface area (Å²) in [6, 6.07) is 0. The van der Waals surface area contributed by atoms with Crippen molar-refractivity contribution in [3.8, 4) is 0 Å². The van der Waals surface area contributed by atoms with Crippen LogP contribution in [0.2, 0.25) is 0 Å². The topological polar surface area (TPSA) is 34.1 Å². The SMILES string of the molecule is CC1=C[C@@]2(C)C(=CC1=O)[C@@H](Br)C[C@@H]1[C@@H]2CC[C@]2(C)C(=O)CC[C@@H]12. The molecule has 4 aliphatic rings. The van der Waals surface area contributed by atoms with E-state index < -0.39 is 0 Å². The smallest absolute Gasteiger partial charge is 0.181 e. The van der Waals surface area contributed by atoms with Gasteiger partial charge in [-0.3, -0.25) is 9.59 Å². The van der Waals surface area contributed by atoms with Crippen LogP contribution in [0, 0.1) is 28.6 Å². The molecule has 3 heteroatoms. The third-order valence-electron chi connectivity index (χ3n) is 7.55. The minimum absolute atomic E-state index is 0.0257. The van der Waals surface area contributed by atoms with E-state index in [-0.39, 0.29) is 21.4 Å². The first-order valence-corrected chi connectivity index (χ1v) is 9.82. The molecule has 3 saturated carbocycles. The number of hydrogen-bond donors (Lipinski definition) is 0. The maximum atomic E-state index is 12.5. The maximum Gasteiger partial charge on any atom is 0.181 e. The quantitative estimate of drug-likeness (QED) is 0.577. The minimum Gasteiger partial charge on any atom is -0.299 e. The molecule has 0 amide bonds. The maximum absolute atomic E-state index is 12.5. The van der Waals surface area contributed by atoms with Crippen LogP contribution in [-0.2, 0) is 9.59 Å². The fourth-order valence-electron chi connectivity index (χ4n) is 6.26. The Morgan fingerprint density at radius 3 is 2.65 bits per heavy atom. The van der Waals surface area contributed by atoms with Crippen molar-refractivity contribution < 1.29 is 9.59 Å². The van der Waals surface area contributed by atoms with Crippen LogP contribution in [0.3, 0.4) is 0 Å². The van der Waals surface area contributed by atoms with E-state index in [0.29, 0.717) is 23.5 Å². The summed E-state index contributed by atoms with van der Waals surface area (Å²) in [5, 5.41) is 0. The van der Waals surface area contributed by atoms with E-state index >= 15 is 0 Å². The van der Waals surface area contributed by atoms with Crippen molar-refractivity contribution in [2.24, 2.45) is 28.6 Å². The lowest BCUT2D eigenvalue weighted by atomic mass is 9.48. The Morgan fingerprint density at radius 2 is 1.91 bits per heavy atom. The summed E-state index contributed by atoms with van der Waals surface area (Å²) in [5.41, 5.74) is 2.03. The Hall–Kier alpha value is -0.700. The molecule has 3 fully saturated rings. The Kier molecular flexibility index (Phi) is 3.37. The van der Waals surface area contributed by atoms with Gasteiger partial charge in [-0.2, -0.15) is 0 Å². The molecule has 0 radical (unpaired) electrons. The second-order valence-corrected chi connectivity index (χ2v) is 9.68. The van der Waals surface area contributed by atoms with Gasteiger partial charge >= 0.3 is 0 Å². The van der Waals surface area contributed by atoms with Gasteiger partial charge in [-0.15, -0.1) is 0 Å². The molecule has 0 aliphatic heterocycles. The number of rotatable bonds is 0. The van der Waals surface area contributed by atoms with Gasteiger partial charge < -0.3 is 0 Å². The fraction of sp³-hybridized carbons (Fsp3) is 0.700. The van der Waals surface area contributed by atoms with Gasteiger partial charge in [-0.25, -0.2) is 0 Å². The summed E-state index contributed by atoms with van der Waals surface area (Å²) >= 11 is 3.87. The van der Waals surface area contributed by atoms with Crippen LogP contribution in [0.15, 0.2) is 23.3 Å². The molecule has 0 saturated heterocycles. The standard InChI is InChI=1S/C20H25BrO2/c1-11-10-20(3)14-6-7-19(2)13(4-5-18(19)23)12(14)8-16(21)15(20)9-17(11)22/h9-10,12-14,16H,4-8H2,1-3H3/t12-,13-,14-,16-,19-,20+/m0/s1. The van der Waals surface area contributed by atoms with E-state index in [1.54, 1.807) is 0 Å². The van der Waals surface area contributed by atoms with Crippen LogP contribution >= 0.6 is 15.9 Å². The first kappa shape index (κ1) is 15.8. The number of carbonyl (C=O) groups excluding carboxylic acids is 2. The monoisotopic (exact) mass is 376 g/mol. The summed E-state index contributed by atoms with van der Waals surface area (Å²) in [4.78, 5) is 24.9. The highest BCUT2D eigenvalue weighted by molar-refractivity contribution is 9.09. The number of Topliss-reactive ketones (excluding diaryl/α,β-unsaturated/α-hetero) is 1. The predicted molar refractivity (Wildman–Crippen MR) is 94.3 cm³/mol. The molecule has 124 valence electrons. The average molecular weight is 377 g/mol. The molecule has 23 heavy (non-hydrogen) atoms. The zero-order chi connectivity index (χ0) is 16.6. The van der Waals surface area contributed by atoms with E-state index in [4.69, 9.17) is 0 Å². The molecule has 0 N–H and O–H groups in total. The summed E-state index contributed by atoms with van der Waals surface area (Å²) < 4.78 is 0. The third-order valence-corrected chi connectivity index (χ3v) is 8.41. The lowest BCUT2D eigenvalue weighted by molar-refractivity contribution is -0.131. The molecule has 0 aromatic rings. The third kappa shape index (κ3) is 1.98. The van der Waals surface area contributed by atoms with Crippen LogP contribution < -0.4 is 0 Å². The van der Waals surface area contributed by atoms with E-state index in [0.717, 1.165) is 37.7 Å². The number of carbonyl (C=O) groups is 2. The zero-order valence-electron chi connectivity index (χ0n) is 14.2. The molecular formula is C20H25BrO2. The highest BCUT2D eigenvalue weighted by atomic mass is 79.9. The van der Waals surface area contributed by atoms with Gasteiger partial charge in [0.1, 0.15) is 5.78 Å².